The maximum Gasteiger partial charge on any atom is 0.161 e. The number of Topliss-reactive ketones (excluding diaryl/α,β-unsaturated/α-hetero) is 1. The Balaban J connectivity index is 2.14. The molecule has 0 radical (unpaired) electrons. The molecule has 5 nitrogen and oxygen atoms in total. The maximum atomic E-state index is 11.3. The molecular weight excluding hydrogens is 244 g/mol. The van der Waals surface area contributed by atoms with Gasteiger partial charge in [0.2, 0.25) is 0 Å². The molecule has 2 rings (SSSR count). The third-order valence-corrected chi connectivity index (χ3v) is 2.56. The number of ketones is 1. The summed E-state index contributed by atoms with van der Waals surface area (Å²) in [5.41, 5.74) is 1.31. The number of carbonyl (C=O) groups excluding carboxylic acids is 1. The lowest BCUT2D eigenvalue weighted by atomic mass is 10.1. The van der Waals surface area contributed by atoms with Crippen LogP contribution in [-0.2, 0) is 6.61 Å². The first-order valence-electron chi connectivity index (χ1n) is 5.77. The van der Waals surface area contributed by atoms with Gasteiger partial charge in [0.15, 0.2) is 17.3 Å². The van der Waals surface area contributed by atoms with Gasteiger partial charge in [-0.05, 0) is 25.1 Å². The Kier molecular flexibility index (Phi) is 4.07. The summed E-state index contributed by atoms with van der Waals surface area (Å²) in [4.78, 5) is 19.4. The van der Waals surface area contributed by atoms with Crippen LogP contribution in [0.3, 0.4) is 0 Å². The molecule has 19 heavy (non-hydrogen) atoms. The summed E-state index contributed by atoms with van der Waals surface area (Å²) in [7, 11) is 1.54. The third kappa shape index (κ3) is 3.28. The van der Waals surface area contributed by atoms with E-state index in [2.05, 4.69) is 9.97 Å². The Morgan fingerprint density at radius 2 is 2.11 bits per heavy atom. The topological polar surface area (TPSA) is 61.3 Å². The second-order valence-corrected chi connectivity index (χ2v) is 3.91. The van der Waals surface area contributed by atoms with Crippen LogP contribution < -0.4 is 9.47 Å². The van der Waals surface area contributed by atoms with Crippen LogP contribution in [0.25, 0.3) is 0 Å². The van der Waals surface area contributed by atoms with Crippen molar-refractivity contribution in [2.45, 2.75) is 13.5 Å². The van der Waals surface area contributed by atoms with E-state index in [1.807, 2.05) is 0 Å². The Bertz CT molecular complexity index is 570. The van der Waals surface area contributed by atoms with E-state index in [9.17, 15) is 4.79 Å². The van der Waals surface area contributed by atoms with Crippen molar-refractivity contribution in [3.05, 3.63) is 48.0 Å². The van der Waals surface area contributed by atoms with Crippen LogP contribution in [0.5, 0.6) is 11.5 Å². The minimum Gasteiger partial charge on any atom is -0.493 e. The second-order valence-electron chi connectivity index (χ2n) is 3.91. The molecule has 0 atom stereocenters. The highest BCUT2D eigenvalue weighted by atomic mass is 16.5. The summed E-state index contributed by atoms with van der Waals surface area (Å²) in [6.07, 6.45) is 4.84. The highest BCUT2D eigenvalue weighted by Gasteiger charge is 2.08. The van der Waals surface area contributed by atoms with E-state index < -0.39 is 0 Å². The fourth-order valence-corrected chi connectivity index (χ4v) is 1.56. The molecular formula is C14H14N2O3. The van der Waals surface area contributed by atoms with Crippen LogP contribution in [-0.4, -0.2) is 22.9 Å². The average molecular weight is 258 g/mol. The largest absolute Gasteiger partial charge is 0.493 e. The zero-order valence-electron chi connectivity index (χ0n) is 10.8. The predicted octanol–water partition coefficient (Wildman–Crippen LogP) is 2.27. The highest BCUT2D eigenvalue weighted by molar-refractivity contribution is 5.94. The molecule has 0 aliphatic heterocycles. The second kappa shape index (κ2) is 5.95. The molecule has 1 aromatic heterocycles. The van der Waals surface area contributed by atoms with Crippen molar-refractivity contribution in [3.63, 3.8) is 0 Å². The monoisotopic (exact) mass is 258 g/mol. The van der Waals surface area contributed by atoms with Crippen LogP contribution in [0.2, 0.25) is 0 Å². The summed E-state index contributed by atoms with van der Waals surface area (Å²) >= 11 is 0. The summed E-state index contributed by atoms with van der Waals surface area (Å²) in [6, 6.07) is 5.08. The van der Waals surface area contributed by atoms with Gasteiger partial charge in [0, 0.05) is 18.0 Å². The Morgan fingerprint density at radius 3 is 2.74 bits per heavy atom. The van der Waals surface area contributed by atoms with Crippen molar-refractivity contribution in [3.8, 4) is 11.5 Å². The number of ether oxygens (including phenoxy) is 2. The van der Waals surface area contributed by atoms with Gasteiger partial charge in [0.25, 0.3) is 0 Å². The number of carbonyl (C=O) groups is 1. The van der Waals surface area contributed by atoms with E-state index in [0.717, 1.165) is 5.69 Å². The molecule has 98 valence electrons. The van der Waals surface area contributed by atoms with Crippen LogP contribution >= 0.6 is 0 Å². The van der Waals surface area contributed by atoms with Gasteiger partial charge in [-0.1, -0.05) is 0 Å². The van der Waals surface area contributed by atoms with Crippen molar-refractivity contribution < 1.29 is 14.3 Å². The summed E-state index contributed by atoms with van der Waals surface area (Å²) in [5, 5.41) is 0. The molecule has 0 unspecified atom stereocenters. The number of rotatable bonds is 5. The van der Waals surface area contributed by atoms with Gasteiger partial charge in [-0.2, -0.15) is 0 Å². The number of hydrogen-bond donors (Lipinski definition) is 0. The van der Waals surface area contributed by atoms with Gasteiger partial charge >= 0.3 is 0 Å². The quantitative estimate of drug-likeness (QED) is 0.770. The molecule has 0 bridgehead atoms. The molecule has 0 amide bonds. The molecule has 0 N–H and O–H groups in total. The third-order valence-electron chi connectivity index (χ3n) is 2.56. The van der Waals surface area contributed by atoms with Gasteiger partial charge in [-0.15, -0.1) is 0 Å². The lowest BCUT2D eigenvalue weighted by molar-refractivity contribution is 0.101. The standard InChI is InChI=1S/C14H14N2O3/c1-10(17)11-3-4-13(14(7-11)18-2)19-9-12-8-15-5-6-16-12/h3-8H,9H2,1-2H3. The molecule has 0 saturated heterocycles. The Hall–Kier alpha value is -2.43. The molecule has 0 saturated carbocycles. The van der Waals surface area contributed by atoms with E-state index in [1.54, 1.807) is 36.8 Å². The molecule has 0 aliphatic rings. The van der Waals surface area contributed by atoms with Crippen molar-refractivity contribution in [2.24, 2.45) is 0 Å². The Morgan fingerprint density at radius 1 is 1.26 bits per heavy atom. The molecule has 1 heterocycles. The predicted molar refractivity (Wildman–Crippen MR) is 69.4 cm³/mol. The maximum absolute atomic E-state index is 11.3. The fraction of sp³-hybridized carbons (Fsp3) is 0.214. The van der Waals surface area contributed by atoms with Gasteiger partial charge in [0.1, 0.15) is 6.61 Å². The lowest BCUT2D eigenvalue weighted by Gasteiger charge is -2.11. The van der Waals surface area contributed by atoms with Crippen molar-refractivity contribution in [2.75, 3.05) is 7.11 Å². The first kappa shape index (κ1) is 13.0. The molecule has 0 fully saturated rings. The van der Waals surface area contributed by atoms with E-state index in [1.165, 1.54) is 14.0 Å². The minimum absolute atomic E-state index is 0.0150. The van der Waals surface area contributed by atoms with Crippen molar-refractivity contribution >= 4 is 5.78 Å². The Labute approximate surface area is 111 Å². The van der Waals surface area contributed by atoms with Gasteiger partial charge in [-0.3, -0.25) is 14.8 Å². The molecule has 1 aromatic carbocycles. The van der Waals surface area contributed by atoms with Crippen LogP contribution in [0.1, 0.15) is 23.0 Å². The summed E-state index contributed by atoms with van der Waals surface area (Å²) < 4.78 is 10.8. The molecule has 2 aromatic rings. The van der Waals surface area contributed by atoms with E-state index in [0.29, 0.717) is 23.7 Å². The SMILES string of the molecule is COc1cc(C(C)=O)ccc1OCc1cnccn1. The first-order valence-corrected chi connectivity index (χ1v) is 5.77. The number of benzene rings is 1. The number of methoxy groups -OCH3 is 1. The van der Waals surface area contributed by atoms with Gasteiger partial charge in [-0.25, -0.2) is 0 Å². The minimum atomic E-state index is -0.0150. The summed E-state index contributed by atoms with van der Waals surface area (Å²) in [6.45, 7) is 1.80. The van der Waals surface area contributed by atoms with Gasteiger partial charge in [0.05, 0.1) is 19.0 Å². The van der Waals surface area contributed by atoms with E-state index in [-0.39, 0.29) is 5.78 Å². The normalized spacial score (nSPS) is 10.0. The highest BCUT2D eigenvalue weighted by Crippen LogP contribution is 2.28. The lowest BCUT2D eigenvalue weighted by Crippen LogP contribution is -2.01. The first-order chi connectivity index (χ1) is 9.20. The zero-order chi connectivity index (χ0) is 13.7. The molecule has 0 spiro atoms. The van der Waals surface area contributed by atoms with Crippen LogP contribution in [0, 0.1) is 0 Å². The summed E-state index contributed by atoms with van der Waals surface area (Å²) in [5.74, 6) is 1.08. The van der Waals surface area contributed by atoms with Crippen molar-refractivity contribution in [1.82, 2.24) is 9.97 Å². The van der Waals surface area contributed by atoms with E-state index >= 15 is 0 Å². The molecule has 5 heteroatoms. The van der Waals surface area contributed by atoms with Gasteiger partial charge < -0.3 is 9.47 Å². The number of hydrogen-bond acceptors (Lipinski definition) is 5. The van der Waals surface area contributed by atoms with Crippen LogP contribution in [0.4, 0.5) is 0 Å². The van der Waals surface area contributed by atoms with Crippen molar-refractivity contribution in [1.29, 1.82) is 0 Å². The van der Waals surface area contributed by atoms with E-state index in [4.69, 9.17) is 9.47 Å². The fourth-order valence-electron chi connectivity index (χ4n) is 1.56. The number of nitrogens with zero attached hydrogens (tertiary/aromatic N) is 2. The average Bonchev–Trinajstić information content (AvgIpc) is 2.45. The molecule has 0 aliphatic carbocycles. The smallest absolute Gasteiger partial charge is 0.161 e. The zero-order valence-corrected chi connectivity index (χ0v) is 10.8. The number of aromatic nitrogens is 2. The van der Waals surface area contributed by atoms with Crippen LogP contribution in [0.15, 0.2) is 36.8 Å².